The molecule has 2 heteroatoms. The van der Waals surface area contributed by atoms with Crippen LogP contribution in [0.4, 0.5) is 0 Å². The van der Waals surface area contributed by atoms with Gasteiger partial charge in [0.25, 0.3) is 0 Å². The second-order valence-corrected chi connectivity index (χ2v) is 7.28. The molecule has 3 aromatic rings. The van der Waals surface area contributed by atoms with E-state index in [9.17, 15) is 0 Å². The minimum atomic E-state index is -0.618. The number of hydrogen-bond donors (Lipinski definition) is 0. The van der Waals surface area contributed by atoms with E-state index in [1.807, 2.05) is 0 Å². The number of benzene rings is 3. The highest BCUT2D eigenvalue weighted by atomic mass is 31.1. The molecule has 0 spiro atoms. The summed E-state index contributed by atoms with van der Waals surface area (Å²) in [6.45, 7) is 2.17. The first-order valence-electron chi connectivity index (χ1n) is 7.35. The van der Waals surface area contributed by atoms with Crippen LogP contribution in [0.5, 0.6) is 5.75 Å². The molecule has 0 aromatic heterocycles. The van der Waals surface area contributed by atoms with Crippen LogP contribution in [-0.2, 0) is 0 Å². The highest BCUT2D eigenvalue weighted by Crippen LogP contribution is 2.37. The van der Waals surface area contributed by atoms with Gasteiger partial charge in [0.2, 0.25) is 0 Å². The summed E-state index contributed by atoms with van der Waals surface area (Å²) < 4.78 is 5.67. The molecule has 1 nitrogen and oxygen atoms in total. The number of aryl methyl sites for hydroxylation is 1. The fourth-order valence-corrected chi connectivity index (χ4v) is 5.21. The van der Waals surface area contributed by atoms with Gasteiger partial charge in [-0.15, -0.1) is 0 Å². The molecule has 0 aliphatic heterocycles. The lowest BCUT2D eigenvalue weighted by Gasteiger charge is -2.23. The minimum Gasteiger partial charge on any atom is -0.496 e. The van der Waals surface area contributed by atoms with Crippen molar-refractivity contribution in [2.75, 3.05) is 7.11 Å². The van der Waals surface area contributed by atoms with Gasteiger partial charge in [-0.1, -0.05) is 72.8 Å². The Kier molecular flexibility index (Phi) is 4.56. The van der Waals surface area contributed by atoms with Crippen LogP contribution in [0.15, 0.2) is 78.9 Å². The van der Waals surface area contributed by atoms with Crippen LogP contribution >= 0.6 is 7.92 Å². The standard InChI is InChI=1S/C20H19OP/c1-16-10-9-15-19(21-2)20(16)22(17-11-5-3-6-12-17)18-13-7-4-8-14-18/h3-15H,1-2H3. The second kappa shape index (κ2) is 6.77. The summed E-state index contributed by atoms with van der Waals surface area (Å²) in [7, 11) is 1.13. The molecule has 22 heavy (non-hydrogen) atoms. The molecule has 3 aromatic carbocycles. The first-order valence-corrected chi connectivity index (χ1v) is 8.69. The van der Waals surface area contributed by atoms with Crippen LogP contribution in [0, 0.1) is 6.92 Å². The molecule has 0 bridgehead atoms. The van der Waals surface area contributed by atoms with Gasteiger partial charge in [-0.25, -0.2) is 0 Å². The van der Waals surface area contributed by atoms with Crippen molar-refractivity contribution in [2.45, 2.75) is 6.92 Å². The van der Waals surface area contributed by atoms with E-state index in [-0.39, 0.29) is 0 Å². The van der Waals surface area contributed by atoms with E-state index in [1.165, 1.54) is 21.5 Å². The van der Waals surface area contributed by atoms with E-state index in [0.29, 0.717) is 0 Å². The molecule has 0 aliphatic rings. The predicted molar refractivity (Wildman–Crippen MR) is 96.4 cm³/mol. The van der Waals surface area contributed by atoms with Crippen LogP contribution < -0.4 is 20.7 Å². The minimum absolute atomic E-state index is 0.618. The maximum atomic E-state index is 5.67. The van der Waals surface area contributed by atoms with E-state index in [4.69, 9.17) is 4.74 Å². The third-order valence-corrected chi connectivity index (χ3v) is 6.32. The summed E-state index contributed by atoms with van der Waals surface area (Å²) in [5.41, 5.74) is 1.28. The zero-order valence-electron chi connectivity index (χ0n) is 12.9. The van der Waals surface area contributed by atoms with Crippen molar-refractivity contribution in [2.24, 2.45) is 0 Å². The van der Waals surface area contributed by atoms with E-state index >= 15 is 0 Å². The Labute approximate surface area is 133 Å². The molecule has 110 valence electrons. The molecule has 3 rings (SSSR count). The Bertz CT molecular complexity index is 699. The summed E-state index contributed by atoms with van der Waals surface area (Å²) in [6.07, 6.45) is 0. The van der Waals surface area contributed by atoms with Gasteiger partial charge in [-0.05, 0) is 37.1 Å². The average Bonchev–Trinajstić information content (AvgIpc) is 2.58. The maximum Gasteiger partial charge on any atom is 0.127 e. The molecule has 0 fully saturated rings. The van der Waals surface area contributed by atoms with Crippen molar-refractivity contribution >= 4 is 23.8 Å². The van der Waals surface area contributed by atoms with Crippen molar-refractivity contribution < 1.29 is 4.74 Å². The normalized spacial score (nSPS) is 10.7. The molecule has 0 radical (unpaired) electrons. The Morgan fingerprint density at radius 3 is 1.73 bits per heavy atom. The van der Waals surface area contributed by atoms with Gasteiger partial charge in [-0.2, -0.15) is 0 Å². The summed E-state index contributed by atoms with van der Waals surface area (Å²) in [4.78, 5) is 0. The largest absolute Gasteiger partial charge is 0.496 e. The van der Waals surface area contributed by atoms with Gasteiger partial charge in [0, 0.05) is 5.30 Å². The lowest BCUT2D eigenvalue weighted by Crippen LogP contribution is -2.23. The SMILES string of the molecule is COc1cccc(C)c1P(c1ccccc1)c1ccccc1. The summed E-state index contributed by atoms with van der Waals surface area (Å²) in [5.74, 6) is 0.971. The fourth-order valence-electron chi connectivity index (χ4n) is 2.64. The first kappa shape index (κ1) is 14.8. The van der Waals surface area contributed by atoms with Crippen LogP contribution in [0.1, 0.15) is 5.56 Å². The van der Waals surface area contributed by atoms with Crippen LogP contribution in [0.3, 0.4) is 0 Å². The third kappa shape index (κ3) is 2.91. The molecule has 0 N–H and O–H groups in total. The van der Waals surface area contributed by atoms with Crippen molar-refractivity contribution in [1.29, 1.82) is 0 Å². The molecular weight excluding hydrogens is 287 g/mol. The molecule has 0 saturated carbocycles. The first-order chi connectivity index (χ1) is 10.8. The fraction of sp³-hybridized carbons (Fsp3) is 0.100. The van der Waals surface area contributed by atoms with E-state index in [1.54, 1.807) is 7.11 Å². The van der Waals surface area contributed by atoms with Crippen molar-refractivity contribution in [1.82, 2.24) is 0 Å². The Hall–Kier alpha value is -2.11. The number of methoxy groups -OCH3 is 1. The summed E-state index contributed by atoms with van der Waals surface area (Å²) in [6, 6.07) is 27.7. The van der Waals surface area contributed by atoms with Crippen molar-refractivity contribution in [3.63, 3.8) is 0 Å². The molecule has 0 saturated heterocycles. The number of hydrogen-bond acceptors (Lipinski definition) is 1. The van der Waals surface area contributed by atoms with Crippen LogP contribution in [0.2, 0.25) is 0 Å². The van der Waals surface area contributed by atoms with E-state index in [0.717, 1.165) is 5.75 Å². The predicted octanol–water partition coefficient (Wildman–Crippen LogP) is 3.76. The second-order valence-electron chi connectivity index (χ2n) is 5.13. The molecule has 0 heterocycles. The topological polar surface area (TPSA) is 9.23 Å². The number of rotatable bonds is 4. The highest BCUT2D eigenvalue weighted by molar-refractivity contribution is 7.80. The Morgan fingerprint density at radius 1 is 0.682 bits per heavy atom. The lowest BCUT2D eigenvalue weighted by molar-refractivity contribution is 0.418. The molecule has 0 amide bonds. The van der Waals surface area contributed by atoms with Crippen molar-refractivity contribution in [3.8, 4) is 5.75 Å². The third-order valence-electron chi connectivity index (χ3n) is 3.67. The molecular formula is C20H19OP. The zero-order valence-corrected chi connectivity index (χ0v) is 13.8. The van der Waals surface area contributed by atoms with Gasteiger partial charge in [0.15, 0.2) is 0 Å². The Balaban J connectivity index is 2.24. The van der Waals surface area contributed by atoms with Gasteiger partial charge >= 0.3 is 0 Å². The quantitative estimate of drug-likeness (QED) is 0.667. The van der Waals surface area contributed by atoms with E-state index < -0.39 is 7.92 Å². The van der Waals surface area contributed by atoms with Crippen LogP contribution in [-0.4, -0.2) is 7.11 Å². The highest BCUT2D eigenvalue weighted by Gasteiger charge is 2.21. The monoisotopic (exact) mass is 306 g/mol. The Morgan fingerprint density at radius 2 is 1.23 bits per heavy atom. The maximum absolute atomic E-state index is 5.67. The number of ether oxygens (including phenoxy) is 1. The van der Waals surface area contributed by atoms with Gasteiger partial charge in [0.05, 0.1) is 7.11 Å². The van der Waals surface area contributed by atoms with Gasteiger partial charge in [-0.3, -0.25) is 0 Å². The average molecular weight is 306 g/mol. The molecule has 0 aliphatic carbocycles. The summed E-state index contributed by atoms with van der Waals surface area (Å²) >= 11 is 0. The van der Waals surface area contributed by atoms with E-state index in [2.05, 4.69) is 85.8 Å². The molecule has 0 atom stereocenters. The van der Waals surface area contributed by atoms with Crippen LogP contribution in [0.25, 0.3) is 0 Å². The summed E-state index contributed by atoms with van der Waals surface area (Å²) in [5, 5.41) is 3.99. The molecule has 0 unspecified atom stereocenters. The van der Waals surface area contributed by atoms with Gasteiger partial charge < -0.3 is 4.74 Å². The smallest absolute Gasteiger partial charge is 0.127 e. The lowest BCUT2D eigenvalue weighted by atomic mass is 10.2. The zero-order chi connectivity index (χ0) is 15.4. The van der Waals surface area contributed by atoms with Crippen molar-refractivity contribution in [3.05, 3.63) is 84.4 Å². The van der Waals surface area contributed by atoms with Gasteiger partial charge in [0.1, 0.15) is 5.75 Å².